The van der Waals surface area contributed by atoms with Gasteiger partial charge in [0.15, 0.2) is 0 Å². The summed E-state index contributed by atoms with van der Waals surface area (Å²) in [6.07, 6.45) is 0.762. The maximum atomic E-state index is 14.5. The Kier molecular flexibility index (Phi) is 6.11. The number of nitrogens with zero attached hydrogens (tertiary/aromatic N) is 1. The van der Waals surface area contributed by atoms with E-state index in [4.69, 9.17) is 0 Å². The van der Waals surface area contributed by atoms with Crippen LogP contribution < -0.4 is 5.43 Å². The fraction of sp³-hybridized carbons (Fsp3) is 0.150. The molecule has 1 heterocycles. The summed E-state index contributed by atoms with van der Waals surface area (Å²) in [6.45, 7) is 2.54. The third kappa shape index (κ3) is 3.45. The molecule has 0 N–H and O–H groups in total. The molecule has 3 aromatic rings. The Morgan fingerprint density at radius 1 is 0.846 bits per heavy atom. The summed E-state index contributed by atoms with van der Waals surface area (Å²) in [5, 5.41) is 0. The summed E-state index contributed by atoms with van der Waals surface area (Å²) in [4.78, 5) is 12.9. The van der Waals surface area contributed by atoms with E-state index in [2.05, 4.69) is 0 Å². The van der Waals surface area contributed by atoms with Crippen molar-refractivity contribution in [2.24, 2.45) is 0 Å². The second-order valence-corrected chi connectivity index (χ2v) is 7.92. The Bertz CT molecular complexity index is 955. The van der Waals surface area contributed by atoms with Crippen LogP contribution in [0.15, 0.2) is 53.3 Å². The number of hydrogen-bond donors (Lipinski definition) is 0. The molecule has 0 aliphatic heterocycles. The van der Waals surface area contributed by atoms with Crippen molar-refractivity contribution in [2.45, 2.75) is 19.9 Å². The highest BCUT2D eigenvalue weighted by molar-refractivity contribution is 14.1. The molecule has 6 heteroatoms. The largest absolute Gasteiger partial charge is 0.338 e. The van der Waals surface area contributed by atoms with E-state index in [1.165, 1.54) is 12.1 Å². The lowest BCUT2D eigenvalue weighted by Gasteiger charge is -2.22. The Labute approximate surface area is 177 Å². The minimum atomic E-state index is -0.407. The first-order valence-corrected chi connectivity index (χ1v) is 10.2. The van der Waals surface area contributed by atoms with Crippen LogP contribution in [0, 0.1) is 18.8 Å². The van der Waals surface area contributed by atoms with Gasteiger partial charge in [-0.3, -0.25) is 4.79 Å². The highest BCUT2D eigenvalue weighted by atomic mass is 127. The van der Waals surface area contributed by atoms with E-state index < -0.39 is 11.6 Å². The van der Waals surface area contributed by atoms with E-state index in [9.17, 15) is 13.6 Å². The smallest absolute Gasteiger partial charge is 0.209 e. The second-order valence-electron chi connectivity index (χ2n) is 5.77. The molecule has 0 bridgehead atoms. The Morgan fingerprint density at radius 3 is 1.65 bits per heavy atom. The van der Waals surface area contributed by atoms with E-state index in [1.54, 1.807) is 36.4 Å². The first kappa shape index (κ1) is 19.5. The van der Waals surface area contributed by atoms with Crippen molar-refractivity contribution in [2.75, 3.05) is 0 Å². The van der Waals surface area contributed by atoms with Crippen LogP contribution in [0.1, 0.15) is 13.3 Å². The molecule has 0 amide bonds. The minimum Gasteiger partial charge on any atom is -0.338 e. The molecular formula is C20H15F2I2NO. The molecule has 0 fully saturated rings. The first-order chi connectivity index (χ1) is 12.5. The van der Waals surface area contributed by atoms with Gasteiger partial charge in [-0.05, 0) is 75.9 Å². The third-order valence-corrected chi connectivity index (χ3v) is 6.06. The number of hydrogen-bond acceptors (Lipinski definition) is 1. The van der Waals surface area contributed by atoms with Crippen molar-refractivity contribution in [3.8, 4) is 22.5 Å². The van der Waals surface area contributed by atoms with Crippen LogP contribution in [0.3, 0.4) is 0 Å². The lowest BCUT2D eigenvalue weighted by molar-refractivity contribution is 0.618. The van der Waals surface area contributed by atoms with Crippen molar-refractivity contribution in [1.82, 2.24) is 4.57 Å². The number of pyridine rings is 1. The van der Waals surface area contributed by atoms with Crippen molar-refractivity contribution in [3.63, 3.8) is 0 Å². The minimum absolute atomic E-state index is 0.213. The normalized spacial score (nSPS) is 11.0. The van der Waals surface area contributed by atoms with Gasteiger partial charge >= 0.3 is 0 Å². The summed E-state index contributed by atoms with van der Waals surface area (Å²) >= 11 is 3.92. The summed E-state index contributed by atoms with van der Waals surface area (Å²) in [5.74, 6) is -0.814. The van der Waals surface area contributed by atoms with Crippen molar-refractivity contribution >= 4 is 45.2 Å². The molecule has 134 valence electrons. The average molecular weight is 577 g/mol. The molecule has 1 aromatic heterocycles. The second kappa shape index (κ2) is 8.16. The van der Waals surface area contributed by atoms with Gasteiger partial charge in [-0.1, -0.05) is 31.2 Å². The number of benzene rings is 2. The zero-order chi connectivity index (χ0) is 18.8. The van der Waals surface area contributed by atoms with E-state index in [0.717, 1.165) is 6.42 Å². The fourth-order valence-electron chi connectivity index (χ4n) is 2.94. The maximum Gasteiger partial charge on any atom is 0.209 e. The topological polar surface area (TPSA) is 22.0 Å². The number of aromatic nitrogens is 1. The molecule has 0 spiro atoms. The quantitative estimate of drug-likeness (QED) is 0.345. The van der Waals surface area contributed by atoms with Gasteiger partial charge in [0, 0.05) is 17.7 Å². The molecule has 0 saturated heterocycles. The van der Waals surface area contributed by atoms with Crippen LogP contribution in [0.5, 0.6) is 0 Å². The monoisotopic (exact) mass is 577 g/mol. The summed E-state index contributed by atoms with van der Waals surface area (Å²) in [6, 6.07) is 12.7. The van der Waals surface area contributed by atoms with Gasteiger partial charge < -0.3 is 4.57 Å². The summed E-state index contributed by atoms with van der Waals surface area (Å²) < 4.78 is 31.8. The van der Waals surface area contributed by atoms with Gasteiger partial charge in [-0.15, -0.1) is 0 Å². The number of rotatable bonds is 4. The van der Waals surface area contributed by atoms with Gasteiger partial charge in [0.25, 0.3) is 0 Å². The van der Waals surface area contributed by atoms with Gasteiger partial charge in [0.05, 0.1) is 18.5 Å². The first-order valence-electron chi connectivity index (χ1n) is 8.09. The standard InChI is InChI=1S/C20H15F2I2NO/c1-2-11-25-18(12-7-3-5-9-14(12)21)16(23)20(26)17(24)19(25)13-8-4-6-10-15(13)22/h3-10H,2,11H2,1H3. The molecule has 26 heavy (non-hydrogen) atoms. The molecule has 0 saturated carbocycles. The molecule has 0 radical (unpaired) electrons. The molecule has 3 rings (SSSR count). The van der Waals surface area contributed by atoms with Crippen molar-refractivity contribution in [1.29, 1.82) is 0 Å². The Morgan fingerprint density at radius 2 is 1.27 bits per heavy atom. The molecule has 2 nitrogen and oxygen atoms in total. The number of halogens is 4. The zero-order valence-electron chi connectivity index (χ0n) is 13.9. The van der Waals surface area contributed by atoms with E-state index in [1.807, 2.05) is 56.7 Å². The predicted molar refractivity (Wildman–Crippen MR) is 117 cm³/mol. The van der Waals surface area contributed by atoms with E-state index in [-0.39, 0.29) is 5.43 Å². The van der Waals surface area contributed by atoms with Crippen LogP contribution in [0.4, 0.5) is 8.78 Å². The maximum absolute atomic E-state index is 14.5. The predicted octanol–water partition coefficient (Wildman–Crippen LogP) is 6.08. The molecule has 0 aliphatic carbocycles. The van der Waals surface area contributed by atoms with Crippen molar-refractivity contribution in [3.05, 3.63) is 77.5 Å². The van der Waals surface area contributed by atoms with Crippen LogP contribution in [-0.2, 0) is 6.54 Å². The summed E-state index contributed by atoms with van der Waals surface area (Å²) in [5.41, 5.74) is 1.46. The lowest BCUT2D eigenvalue weighted by atomic mass is 10.1. The zero-order valence-corrected chi connectivity index (χ0v) is 18.2. The molecule has 0 unspecified atom stereocenters. The molecular weight excluding hydrogens is 562 g/mol. The van der Waals surface area contributed by atoms with Crippen LogP contribution in [0.2, 0.25) is 0 Å². The van der Waals surface area contributed by atoms with E-state index >= 15 is 0 Å². The summed E-state index contributed by atoms with van der Waals surface area (Å²) in [7, 11) is 0. The highest BCUT2D eigenvalue weighted by Crippen LogP contribution is 2.34. The van der Waals surface area contributed by atoms with Gasteiger partial charge in [0.1, 0.15) is 11.6 Å². The molecule has 0 aliphatic rings. The Hall–Kier alpha value is -1.29. The fourth-order valence-corrected chi connectivity index (χ4v) is 5.16. The van der Waals surface area contributed by atoms with Crippen LogP contribution >= 0.6 is 45.2 Å². The molecule has 0 atom stereocenters. The molecule has 2 aromatic carbocycles. The van der Waals surface area contributed by atoms with Gasteiger partial charge in [-0.25, -0.2) is 8.78 Å². The average Bonchev–Trinajstić information content (AvgIpc) is 2.63. The van der Waals surface area contributed by atoms with Gasteiger partial charge in [-0.2, -0.15) is 0 Å². The highest BCUT2D eigenvalue weighted by Gasteiger charge is 2.23. The Balaban J connectivity index is 2.48. The van der Waals surface area contributed by atoms with Gasteiger partial charge in [0.2, 0.25) is 5.43 Å². The van der Waals surface area contributed by atoms with Crippen molar-refractivity contribution < 1.29 is 8.78 Å². The van der Waals surface area contributed by atoms with E-state index in [0.29, 0.717) is 36.2 Å². The third-order valence-electron chi connectivity index (χ3n) is 4.06. The van der Waals surface area contributed by atoms with Crippen LogP contribution in [-0.4, -0.2) is 4.57 Å². The SMILES string of the molecule is CCCn1c(-c2ccccc2F)c(I)c(=O)c(I)c1-c1ccccc1F. The van der Waals surface area contributed by atoms with Crippen LogP contribution in [0.25, 0.3) is 22.5 Å². The lowest BCUT2D eigenvalue weighted by Crippen LogP contribution is -2.21.